The molecule has 0 aromatic heterocycles. The fourth-order valence-electron chi connectivity index (χ4n) is 1.31. The lowest BCUT2D eigenvalue weighted by atomic mass is 10.1. The number of hydrogen-bond acceptors (Lipinski definition) is 3. The molecule has 0 spiro atoms. The molecule has 0 aliphatic carbocycles. The molecule has 17 heavy (non-hydrogen) atoms. The maximum Gasteiger partial charge on any atom is 0.251 e. The average molecular weight is 255 g/mol. The Hall–Kier alpha value is -1.39. The smallest absolute Gasteiger partial charge is 0.251 e. The first-order chi connectivity index (χ1) is 8.02. The number of hydrogen-bond donors (Lipinski definition) is 1. The normalized spacial score (nSPS) is 10.4. The molecule has 0 heterocycles. The van der Waals surface area contributed by atoms with E-state index in [2.05, 4.69) is 5.32 Å². The number of aldehydes is 1. The first-order valence-electron chi connectivity index (χ1n) is 5.21. The summed E-state index contributed by atoms with van der Waals surface area (Å²) in [6, 6.07) is 4.58. The molecule has 1 rings (SSSR count). The van der Waals surface area contributed by atoms with Gasteiger partial charge in [-0.2, -0.15) is 0 Å². The van der Waals surface area contributed by atoms with Gasteiger partial charge in [0, 0.05) is 29.2 Å². The highest BCUT2D eigenvalue weighted by Gasteiger charge is 2.07. The molecule has 92 valence electrons. The topological polar surface area (TPSA) is 49.4 Å². The Morgan fingerprint density at radius 3 is 2.71 bits per heavy atom. The van der Waals surface area contributed by atoms with Gasteiger partial charge in [-0.25, -0.2) is 0 Å². The van der Waals surface area contributed by atoms with E-state index in [1.54, 1.807) is 6.07 Å². The van der Waals surface area contributed by atoms with Gasteiger partial charge in [0.2, 0.25) is 0 Å². The van der Waals surface area contributed by atoms with Crippen molar-refractivity contribution < 1.29 is 9.59 Å². The van der Waals surface area contributed by atoms with Crippen molar-refractivity contribution in [3.05, 3.63) is 34.3 Å². The van der Waals surface area contributed by atoms with Crippen LogP contribution in [0.5, 0.6) is 0 Å². The van der Waals surface area contributed by atoms with Crippen LogP contribution in [0.2, 0.25) is 5.02 Å². The maximum atomic E-state index is 11.7. The number of nitrogens with zero attached hydrogens (tertiary/aromatic N) is 1. The van der Waals surface area contributed by atoms with Gasteiger partial charge in [-0.05, 0) is 32.3 Å². The van der Waals surface area contributed by atoms with Gasteiger partial charge in [-0.3, -0.25) is 9.59 Å². The second-order valence-corrected chi connectivity index (χ2v) is 4.39. The average Bonchev–Trinajstić information content (AvgIpc) is 2.27. The van der Waals surface area contributed by atoms with E-state index in [9.17, 15) is 9.59 Å². The Labute approximate surface area is 106 Å². The molecule has 5 heteroatoms. The molecule has 1 amide bonds. The summed E-state index contributed by atoms with van der Waals surface area (Å²) in [5.74, 6) is -0.225. The molecule has 1 N–H and O–H groups in total. The lowest BCUT2D eigenvalue weighted by Crippen LogP contribution is -2.31. The number of rotatable bonds is 5. The number of halogens is 1. The molecule has 0 aliphatic heterocycles. The van der Waals surface area contributed by atoms with Crippen LogP contribution in [0.3, 0.4) is 0 Å². The molecular formula is C12H15ClN2O2. The molecule has 0 fully saturated rings. The van der Waals surface area contributed by atoms with Crippen LogP contribution in [-0.2, 0) is 0 Å². The molecular weight excluding hydrogens is 240 g/mol. The highest BCUT2D eigenvalue weighted by atomic mass is 35.5. The van der Waals surface area contributed by atoms with Gasteiger partial charge >= 0.3 is 0 Å². The van der Waals surface area contributed by atoms with Crippen molar-refractivity contribution in [1.82, 2.24) is 10.2 Å². The van der Waals surface area contributed by atoms with Crippen molar-refractivity contribution >= 4 is 23.8 Å². The fraction of sp³-hybridized carbons (Fsp3) is 0.333. The zero-order valence-electron chi connectivity index (χ0n) is 9.87. The van der Waals surface area contributed by atoms with Crippen LogP contribution in [0, 0.1) is 0 Å². The van der Waals surface area contributed by atoms with Gasteiger partial charge in [-0.1, -0.05) is 11.6 Å². The summed E-state index contributed by atoms with van der Waals surface area (Å²) in [5.41, 5.74) is 0.800. The van der Waals surface area contributed by atoms with Crippen LogP contribution in [0.4, 0.5) is 0 Å². The third kappa shape index (κ3) is 4.54. The second-order valence-electron chi connectivity index (χ2n) is 3.95. The standard InChI is InChI=1S/C12H15ClN2O2/c1-15(2)4-3-14-12(17)10-5-9(8-16)6-11(13)7-10/h5-8H,3-4H2,1-2H3,(H,14,17). The molecule has 1 aromatic rings. The maximum absolute atomic E-state index is 11.7. The van der Waals surface area contributed by atoms with Crippen molar-refractivity contribution in [1.29, 1.82) is 0 Å². The van der Waals surface area contributed by atoms with E-state index in [0.717, 1.165) is 6.54 Å². The SMILES string of the molecule is CN(C)CCNC(=O)c1cc(Cl)cc(C=O)c1. The van der Waals surface area contributed by atoms with Crippen LogP contribution in [-0.4, -0.2) is 44.3 Å². The lowest BCUT2D eigenvalue weighted by Gasteiger charge is -2.10. The van der Waals surface area contributed by atoms with E-state index in [4.69, 9.17) is 11.6 Å². The van der Waals surface area contributed by atoms with Crippen molar-refractivity contribution in [3.63, 3.8) is 0 Å². The summed E-state index contributed by atoms with van der Waals surface area (Å²) >= 11 is 5.81. The quantitative estimate of drug-likeness (QED) is 0.809. The predicted molar refractivity (Wildman–Crippen MR) is 67.7 cm³/mol. The highest BCUT2D eigenvalue weighted by Crippen LogP contribution is 2.13. The molecule has 1 aromatic carbocycles. The number of carbonyl (C=O) groups excluding carboxylic acids is 2. The third-order valence-electron chi connectivity index (χ3n) is 2.16. The Morgan fingerprint density at radius 1 is 1.41 bits per heavy atom. The van der Waals surface area contributed by atoms with Crippen molar-refractivity contribution in [2.75, 3.05) is 27.2 Å². The van der Waals surface area contributed by atoms with Crippen molar-refractivity contribution in [2.24, 2.45) is 0 Å². The predicted octanol–water partition coefficient (Wildman–Crippen LogP) is 1.44. The summed E-state index contributed by atoms with van der Waals surface area (Å²) in [6.07, 6.45) is 0.669. The van der Waals surface area contributed by atoms with Crippen molar-refractivity contribution in [3.8, 4) is 0 Å². The molecule has 0 unspecified atom stereocenters. The van der Waals surface area contributed by atoms with E-state index in [0.29, 0.717) is 29.0 Å². The minimum Gasteiger partial charge on any atom is -0.351 e. The Bertz CT molecular complexity index is 419. The van der Waals surface area contributed by atoms with Crippen LogP contribution in [0.1, 0.15) is 20.7 Å². The summed E-state index contributed by atoms with van der Waals surface area (Å²) in [6.45, 7) is 1.31. The largest absolute Gasteiger partial charge is 0.351 e. The first-order valence-corrected chi connectivity index (χ1v) is 5.59. The highest BCUT2D eigenvalue weighted by molar-refractivity contribution is 6.31. The van der Waals surface area contributed by atoms with Gasteiger partial charge < -0.3 is 10.2 Å². The van der Waals surface area contributed by atoms with Crippen LogP contribution >= 0.6 is 11.6 Å². The van der Waals surface area contributed by atoms with Crippen LogP contribution < -0.4 is 5.32 Å². The van der Waals surface area contributed by atoms with Gasteiger partial charge in [-0.15, -0.1) is 0 Å². The van der Waals surface area contributed by atoms with E-state index >= 15 is 0 Å². The lowest BCUT2D eigenvalue weighted by molar-refractivity contribution is 0.0951. The van der Waals surface area contributed by atoms with E-state index in [1.165, 1.54) is 12.1 Å². The zero-order valence-corrected chi connectivity index (χ0v) is 10.6. The molecule has 0 radical (unpaired) electrons. The Balaban J connectivity index is 2.68. The van der Waals surface area contributed by atoms with Gasteiger partial charge in [0.25, 0.3) is 5.91 Å². The monoisotopic (exact) mass is 254 g/mol. The van der Waals surface area contributed by atoms with E-state index < -0.39 is 0 Å². The molecule has 0 saturated heterocycles. The number of carbonyl (C=O) groups is 2. The molecule has 0 atom stereocenters. The summed E-state index contributed by atoms with van der Waals surface area (Å²) in [7, 11) is 3.85. The fourth-order valence-corrected chi connectivity index (χ4v) is 1.55. The molecule has 0 saturated carbocycles. The summed E-state index contributed by atoms with van der Waals surface area (Å²) < 4.78 is 0. The van der Waals surface area contributed by atoms with Crippen molar-refractivity contribution in [2.45, 2.75) is 0 Å². The van der Waals surface area contributed by atoms with E-state index in [-0.39, 0.29) is 5.91 Å². The van der Waals surface area contributed by atoms with Gasteiger partial charge in [0.1, 0.15) is 6.29 Å². The van der Waals surface area contributed by atoms with E-state index in [1.807, 2.05) is 19.0 Å². The number of amides is 1. The molecule has 0 bridgehead atoms. The minimum absolute atomic E-state index is 0.225. The number of benzene rings is 1. The second kappa shape index (κ2) is 6.37. The zero-order chi connectivity index (χ0) is 12.8. The Kier molecular flexibility index (Phi) is 5.12. The third-order valence-corrected chi connectivity index (χ3v) is 2.38. The molecule has 4 nitrogen and oxygen atoms in total. The minimum atomic E-state index is -0.225. The van der Waals surface area contributed by atoms with Crippen LogP contribution in [0.15, 0.2) is 18.2 Å². The summed E-state index contributed by atoms with van der Waals surface area (Å²) in [5, 5.41) is 3.14. The molecule has 0 aliphatic rings. The van der Waals surface area contributed by atoms with Crippen LogP contribution in [0.25, 0.3) is 0 Å². The summed E-state index contributed by atoms with van der Waals surface area (Å²) in [4.78, 5) is 24.3. The number of likely N-dealkylation sites (N-methyl/N-ethyl adjacent to an activating group) is 1. The number of nitrogens with one attached hydrogen (secondary N) is 1. The van der Waals surface area contributed by atoms with Gasteiger partial charge in [0.15, 0.2) is 0 Å². The first kappa shape index (κ1) is 13.7. The van der Waals surface area contributed by atoms with Gasteiger partial charge in [0.05, 0.1) is 0 Å². The Morgan fingerprint density at radius 2 is 2.12 bits per heavy atom.